The van der Waals surface area contributed by atoms with Crippen molar-refractivity contribution >= 4 is 64.4 Å². The minimum absolute atomic E-state index is 0.153. The summed E-state index contributed by atoms with van der Waals surface area (Å²) in [4.78, 5) is 50.8. The summed E-state index contributed by atoms with van der Waals surface area (Å²) in [5.41, 5.74) is 0.969. The molecule has 37 heavy (non-hydrogen) atoms. The predicted molar refractivity (Wildman–Crippen MR) is 139 cm³/mol. The van der Waals surface area contributed by atoms with Gasteiger partial charge in [0.25, 0.3) is 17.7 Å². The van der Waals surface area contributed by atoms with E-state index in [4.69, 9.17) is 32.7 Å². The number of hydrogen-bond donors (Lipinski definition) is 2. The van der Waals surface area contributed by atoms with Crippen molar-refractivity contribution in [2.45, 2.75) is 0 Å². The largest absolute Gasteiger partial charge is 0.497 e. The van der Waals surface area contributed by atoms with E-state index in [2.05, 4.69) is 10.6 Å². The first kappa shape index (κ1) is 25.7. The molecule has 0 spiro atoms. The molecule has 1 saturated heterocycles. The lowest BCUT2D eigenvalue weighted by Crippen LogP contribution is -2.54. The van der Waals surface area contributed by atoms with E-state index < -0.39 is 23.8 Å². The number of urea groups is 1. The van der Waals surface area contributed by atoms with Crippen molar-refractivity contribution in [1.82, 2.24) is 5.32 Å². The van der Waals surface area contributed by atoms with E-state index in [-0.39, 0.29) is 28.6 Å². The highest BCUT2D eigenvalue weighted by molar-refractivity contribution is 6.39. The van der Waals surface area contributed by atoms with Gasteiger partial charge in [0.1, 0.15) is 17.1 Å². The van der Waals surface area contributed by atoms with Gasteiger partial charge in [-0.15, -0.1) is 0 Å². The Bertz CT molecular complexity index is 1400. The first-order valence-electron chi connectivity index (χ1n) is 10.8. The van der Waals surface area contributed by atoms with Gasteiger partial charge in [0.05, 0.1) is 17.8 Å². The number of methoxy groups -OCH3 is 1. The Morgan fingerprint density at radius 2 is 1.70 bits per heavy atom. The van der Waals surface area contributed by atoms with Crippen molar-refractivity contribution in [2.24, 2.45) is 0 Å². The first-order valence-corrected chi connectivity index (χ1v) is 11.5. The van der Waals surface area contributed by atoms with E-state index in [1.807, 2.05) is 0 Å². The van der Waals surface area contributed by atoms with Gasteiger partial charge in [0.2, 0.25) is 0 Å². The Morgan fingerprint density at radius 3 is 2.35 bits per heavy atom. The molecule has 3 aromatic rings. The number of imide groups is 2. The van der Waals surface area contributed by atoms with Gasteiger partial charge in [-0.1, -0.05) is 29.3 Å². The molecule has 2 N–H and O–H groups in total. The molecule has 0 bridgehead atoms. The van der Waals surface area contributed by atoms with Crippen molar-refractivity contribution in [3.05, 3.63) is 87.9 Å². The van der Waals surface area contributed by atoms with Crippen molar-refractivity contribution in [2.75, 3.05) is 23.9 Å². The first-order chi connectivity index (χ1) is 17.7. The minimum atomic E-state index is -0.865. The Balaban J connectivity index is 1.47. The number of rotatable bonds is 7. The summed E-state index contributed by atoms with van der Waals surface area (Å²) >= 11 is 12.1. The van der Waals surface area contributed by atoms with Gasteiger partial charge in [-0.05, 0) is 72.3 Å². The van der Waals surface area contributed by atoms with Crippen LogP contribution in [0, 0.1) is 0 Å². The summed E-state index contributed by atoms with van der Waals surface area (Å²) < 4.78 is 10.6. The summed E-state index contributed by atoms with van der Waals surface area (Å²) in [5, 5.41) is 5.52. The maximum absolute atomic E-state index is 13.0. The number of carbonyl (C=O) groups excluding carboxylic acids is 4. The summed E-state index contributed by atoms with van der Waals surface area (Å²) in [6.07, 6.45) is 1.31. The zero-order valence-corrected chi connectivity index (χ0v) is 20.8. The molecule has 1 aliphatic heterocycles. The second-order valence-corrected chi connectivity index (χ2v) is 8.53. The molecule has 0 atom stereocenters. The van der Waals surface area contributed by atoms with Crippen LogP contribution in [0.3, 0.4) is 0 Å². The lowest BCUT2D eigenvalue weighted by atomic mass is 10.1. The number of nitrogens with one attached hydrogen (secondary N) is 2. The zero-order valence-electron chi connectivity index (χ0n) is 19.3. The highest BCUT2D eigenvalue weighted by Gasteiger charge is 2.36. The number of ether oxygens (including phenoxy) is 2. The van der Waals surface area contributed by atoms with E-state index in [9.17, 15) is 19.2 Å². The second kappa shape index (κ2) is 11.2. The molecule has 0 aliphatic carbocycles. The van der Waals surface area contributed by atoms with Gasteiger partial charge in [0.15, 0.2) is 6.61 Å². The van der Waals surface area contributed by atoms with E-state index in [1.54, 1.807) is 42.5 Å². The molecule has 3 aromatic carbocycles. The maximum Gasteiger partial charge on any atom is 0.335 e. The summed E-state index contributed by atoms with van der Waals surface area (Å²) in [6.45, 7) is -0.303. The Hall–Kier alpha value is -4.34. The van der Waals surface area contributed by atoms with Gasteiger partial charge >= 0.3 is 6.03 Å². The average Bonchev–Trinajstić information content (AvgIpc) is 2.87. The quantitative estimate of drug-likeness (QED) is 0.332. The number of anilines is 2. The Morgan fingerprint density at radius 1 is 1.00 bits per heavy atom. The monoisotopic (exact) mass is 539 g/mol. The maximum atomic E-state index is 13.0. The van der Waals surface area contributed by atoms with Crippen LogP contribution in [0.25, 0.3) is 6.08 Å². The fraction of sp³-hybridized carbons (Fsp3) is 0.0769. The van der Waals surface area contributed by atoms with Crippen molar-refractivity contribution in [1.29, 1.82) is 0 Å². The molecule has 0 aromatic heterocycles. The van der Waals surface area contributed by atoms with E-state index in [0.29, 0.717) is 22.0 Å². The van der Waals surface area contributed by atoms with Crippen LogP contribution in [0.4, 0.5) is 16.2 Å². The van der Waals surface area contributed by atoms with Crippen LogP contribution in [0.15, 0.2) is 72.3 Å². The molecule has 1 heterocycles. The molecule has 5 amide bonds. The van der Waals surface area contributed by atoms with Gasteiger partial charge in [0, 0.05) is 10.7 Å². The summed E-state index contributed by atoms with van der Waals surface area (Å²) in [5.74, 6) is -1.27. The SMILES string of the molecule is COc1ccc(N2C(=O)NC(=O)/C(=C\c3ccc(OCC(=O)Nc4ccc(Cl)cc4)c(Cl)c3)C2=O)cc1. The lowest BCUT2D eigenvalue weighted by molar-refractivity contribution is -0.122. The van der Waals surface area contributed by atoms with E-state index >= 15 is 0 Å². The number of amides is 5. The highest BCUT2D eigenvalue weighted by atomic mass is 35.5. The Kier molecular flexibility index (Phi) is 7.76. The third-order valence-corrected chi connectivity index (χ3v) is 5.73. The second-order valence-electron chi connectivity index (χ2n) is 7.69. The molecule has 0 saturated carbocycles. The number of nitrogens with zero attached hydrogens (tertiary/aromatic N) is 1. The number of halogens is 2. The van der Waals surface area contributed by atoms with Crippen LogP contribution in [-0.2, 0) is 14.4 Å². The molecule has 9 nitrogen and oxygen atoms in total. The fourth-order valence-electron chi connectivity index (χ4n) is 3.39. The third-order valence-electron chi connectivity index (χ3n) is 5.19. The van der Waals surface area contributed by atoms with Gasteiger partial charge in [-0.3, -0.25) is 19.7 Å². The molecule has 1 fully saturated rings. The molecule has 1 aliphatic rings. The number of benzene rings is 3. The van der Waals surface area contributed by atoms with Crippen LogP contribution in [-0.4, -0.2) is 37.5 Å². The van der Waals surface area contributed by atoms with E-state index in [1.165, 1.54) is 37.5 Å². The normalized spacial score (nSPS) is 14.4. The molecule has 0 radical (unpaired) electrons. The lowest BCUT2D eigenvalue weighted by Gasteiger charge is -2.26. The van der Waals surface area contributed by atoms with Gasteiger partial charge in [-0.25, -0.2) is 9.69 Å². The minimum Gasteiger partial charge on any atom is -0.497 e. The summed E-state index contributed by atoms with van der Waals surface area (Å²) in [7, 11) is 1.49. The average molecular weight is 540 g/mol. The van der Waals surface area contributed by atoms with Crippen LogP contribution < -0.4 is 25.0 Å². The zero-order chi connectivity index (χ0) is 26.5. The molecular weight excluding hydrogens is 521 g/mol. The number of barbiturate groups is 1. The Labute approximate surface area is 221 Å². The van der Waals surface area contributed by atoms with E-state index in [0.717, 1.165) is 4.90 Å². The third kappa shape index (κ3) is 6.08. The molecule has 11 heteroatoms. The standard InChI is InChI=1S/C26H19Cl2N3O6/c1-36-19-9-7-18(8-10-19)31-25(34)20(24(33)30-26(31)35)12-15-2-11-22(21(28)13-15)37-14-23(32)29-17-5-3-16(27)4-6-17/h2-13H,14H2,1H3,(H,29,32)(H,30,33,35)/b20-12+. The predicted octanol–water partition coefficient (Wildman–Crippen LogP) is 4.69. The van der Waals surface area contributed by atoms with Gasteiger partial charge in [-0.2, -0.15) is 0 Å². The van der Waals surface area contributed by atoms with Crippen molar-refractivity contribution in [3.8, 4) is 11.5 Å². The number of carbonyl (C=O) groups is 4. The molecule has 4 rings (SSSR count). The molecule has 188 valence electrons. The van der Waals surface area contributed by atoms with Crippen LogP contribution in [0.5, 0.6) is 11.5 Å². The van der Waals surface area contributed by atoms with Crippen LogP contribution >= 0.6 is 23.2 Å². The molecule has 0 unspecified atom stereocenters. The van der Waals surface area contributed by atoms with Crippen LogP contribution in [0.2, 0.25) is 10.0 Å². The fourth-order valence-corrected chi connectivity index (χ4v) is 3.76. The summed E-state index contributed by atoms with van der Waals surface area (Å²) in [6, 6.07) is 16.5. The van der Waals surface area contributed by atoms with Crippen molar-refractivity contribution < 1.29 is 28.7 Å². The van der Waals surface area contributed by atoms with Crippen molar-refractivity contribution in [3.63, 3.8) is 0 Å². The molecular formula is C26H19Cl2N3O6. The number of hydrogen-bond acceptors (Lipinski definition) is 6. The topological polar surface area (TPSA) is 114 Å². The van der Waals surface area contributed by atoms with Crippen LogP contribution in [0.1, 0.15) is 5.56 Å². The van der Waals surface area contributed by atoms with Gasteiger partial charge < -0.3 is 14.8 Å². The smallest absolute Gasteiger partial charge is 0.335 e. The highest BCUT2D eigenvalue weighted by Crippen LogP contribution is 2.28.